The molecule has 178 valence electrons. The number of rotatable bonds is 6. The van der Waals surface area contributed by atoms with E-state index in [2.05, 4.69) is 22.1 Å². The first-order valence-electron chi connectivity index (χ1n) is 10.8. The van der Waals surface area contributed by atoms with Gasteiger partial charge in [0, 0.05) is 43.1 Å². The average molecular weight is 480 g/mol. The summed E-state index contributed by atoms with van der Waals surface area (Å²) < 4.78 is 2.11. The van der Waals surface area contributed by atoms with Crippen molar-refractivity contribution in [3.8, 4) is 6.07 Å². The van der Waals surface area contributed by atoms with Crippen molar-refractivity contribution < 1.29 is 9.59 Å². The molecule has 0 spiro atoms. The number of nitrogens with zero attached hydrogens (tertiary/aromatic N) is 3. The number of benzene rings is 1. The molecule has 9 heteroatoms. The second kappa shape index (κ2) is 11.4. The fraction of sp³-hybridized carbons (Fsp3) is 0.360. The molecule has 0 fully saturated rings. The third-order valence-corrected chi connectivity index (χ3v) is 5.74. The van der Waals surface area contributed by atoms with Crippen molar-refractivity contribution in [1.29, 1.82) is 5.26 Å². The number of anilines is 2. The van der Waals surface area contributed by atoms with Crippen LogP contribution in [0.4, 0.5) is 11.4 Å². The zero-order valence-electron chi connectivity index (χ0n) is 20.3. The van der Waals surface area contributed by atoms with E-state index in [0.29, 0.717) is 22.3 Å². The third kappa shape index (κ3) is 6.37. The first-order valence-corrected chi connectivity index (χ1v) is 11.6. The van der Waals surface area contributed by atoms with Gasteiger partial charge < -0.3 is 15.5 Å². The van der Waals surface area contributed by atoms with Gasteiger partial charge in [-0.1, -0.05) is 49.6 Å². The lowest BCUT2D eigenvalue weighted by molar-refractivity contribution is -0.125. The second-order valence-electron chi connectivity index (χ2n) is 8.35. The Balaban J connectivity index is 2.47. The van der Waals surface area contributed by atoms with Crippen LogP contribution in [-0.4, -0.2) is 30.0 Å². The summed E-state index contributed by atoms with van der Waals surface area (Å²) in [7, 11) is 1.73. The van der Waals surface area contributed by atoms with Crippen LogP contribution in [0.15, 0.2) is 40.8 Å². The zero-order chi connectivity index (χ0) is 25.5. The monoisotopic (exact) mass is 479 g/mol. The lowest BCUT2D eigenvalue weighted by Gasteiger charge is -2.26. The highest BCUT2D eigenvalue weighted by atomic mass is 32.1. The normalized spacial score (nSPS) is 10.4. The van der Waals surface area contributed by atoms with Gasteiger partial charge in [-0.25, -0.2) is 0 Å². The van der Waals surface area contributed by atoms with Crippen LogP contribution in [0, 0.1) is 16.7 Å². The van der Waals surface area contributed by atoms with Crippen molar-refractivity contribution in [2.24, 2.45) is 5.41 Å². The maximum absolute atomic E-state index is 12.7. The highest BCUT2D eigenvalue weighted by Crippen LogP contribution is 2.24. The number of likely N-dealkylation sites (N-methyl/N-ethyl adjacent to an activating group) is 1. The van der Waals surface area contributed by atoms with Crippen molar-refractivity contribution in [1.82, 2.24) is 9.88 Å². The number of thiazole rings is 1. The minimum Gasteiger partial charge on any atom is -0.355 e. The van der Waals surface area contributed by atoms with E-state index in [-0.39, 0.29) is 17.0 Å². The standard InChI is InChI=1S/C25H29N5O3S/c1-7-27-22(31)17(16-26)14-21-30(8-2)23(32)20(34-21)12-13-28-18-10-9-11-19(15-18)29(6)24(33)25(3,4)5/h9-11,13,15,28H,7-8H2,1-6H3,(H,27,31). The second-order valence-corrected chi connectivity index (χ2v) is 9.35. The van der Waals surface area contributed by atoms with Crippen LogP contribution in [0.2, 0.25) is 0 Å². The Labute approximate surface area is 202 Å². The molecule has 1 heterocycles. The molecule has 0 atom stereocenters. The van der Waals surface area contributed by atoms with Gasteiger partial charge in [0.25, 0.3) is 11.5 Å². The predicted octanol–water partition coefficient (Wildman–Crippen LogP) is 1.91. The van der Waals surface area contributed by atoms with Crippen molar-refractivity contribution >= 4 is 46.0 Å². The third-order valence-electron chi connectivity index (χ3n) is 4.73. The van der Waals surface area contributed by atoms with Crippen LogP contribution in [0.1, 0.15) is 34.6 Å². The van der Waals surface area contributed by atoms with Crippen molar-refractivity contribution in [3.63, 3.8) is 0 Å². The minimum atomic E-state index is -0.536. The van der Waals surface area contributed by atoms with Gasteiger partial charge in [0.15, 0.2) is 5.57 Å². The Kier molecular flexibility index (Phi) is 8.83. The molecule has 0 radical (unpaired) electrons. The van der Waals surface area contributed by atoms with E-state index in [0.717, 1.165) is 22.7 Å². The molecule has 0 aliphatic rings. The SMILES string of the molecule is CCNC(=O)C(=C=c1sc(=C=CNc2cccc(N(C)C(=O)C(C)(C)C)c2)c(=O)n1CC)C#N. The van der Waals surface area contributed by atoms with E-state index in [1.807, 2.05) is 51.1 Å². The van der Waals surface area contributed by atoms with Gasteiger partial charge in [-0.15, -0.1) is 0 Å². The fourth-order valence-electron chi connectivity index (χ4n) is 2.98. The molecule has 1 aromatic carbocycles. The molecule has 2 rings (SSSR count). The van der Waals surface area contributed by atoms with E-state index in [4.69, 9.17) is 0 Å². The first-order chi connectivity index (χ1) is 16.0. The number of amides is 2. The van der Waals surface area contributed by atoms with Gasteiger partial charge in [0.2, 0.25) is 5.91 Å². The summed E-state index contributed by atoms with van der Waals surface area (Å²) in [4.78, 5) is 38.9. The number of nitrogens with one attached hydrogen (secondary N) is 2. The smallest absolute Gasteiger partial charge is 0.277 e. The molecular formula is C25H29N5O3S. The van der Waals surface area contributed by atoms with Gasteiger partial charge in [0.1, 0.15) is 15.3 Å². The zero-order valence-corrected chi connectivity index (χ0v) is 21.1. The van der Waals surface area contributed by atoms with E-state index >= 15 is 0 Å². The quantitative estimate of drug-likeness (QED) is 0.486. The number of carbonyl (C=O) groups excluding carboxylic acids is 2. The maximum Gasteiger partial charge on any atom is 0.277 e. The Bertz CT molecular complexity index is 1380. The van der Waals surface area contributed by atoms with Crippen molar-refractivity contribution in [3.05, 3.63) is 55.6 Å². The highest BCUT2D eigenvalue weighted by Gasteiger charge is 2.25. The molecule has 2 amide bonds. The van der Waals surface area contributed by atoms with Crippen LogP contribution < -0.4 is 30.3 Å². The number of hydrogen-bond acceptors (Lipinski definition) is 6. The van der Waals surface area contributed by atoms with Gasteiger partial charge in [0.05, 0.1) is 0 Å². The van der Waals surface area contributed by atoms with Gasteiger partial charge in [-0.3, -0.25) is 19.0 Å². The Hall–Kier alpha value is -3.82. The minimum absolute atomic E-state index is 0.00773. The average Bonchev–Trinajstić information content (AvgIpc) is 3.10. The Morgan fingerprint density at radius 2 is 1.97 bits per heavy atom. The maximum atomic E-state index is 12.7. The summed E-state index contributed by atoms with van der Waals surface area (Å²) in [5, 5.41) is 14.9. The van der Waals surface area contributed by atoms with Gasteiger partial charge in [-0.2, -0.15) is 5.26 Å². The van der Waals surface area contributed by atoms with Crippen LogP contribution in [0.25, 0.3) is 11.5 Å². The Morgan fingerprint density at radius 3 is 2.56 bits per heavy atom. The number of aromatic nitrogens is 1. The molecule has 0 bridgehead atoms. The summed E-state index contributed by atoms with van der Waals surface area (Å²) in [5.74, 6) is -0.544. The number of carbonyl (C=O) groups is 2. The summed E-state index contributed by atoms with van der Waals surface area (Å²) in [6.07, 6.45) is 1.51. The molecule has 8 nitrogen and oxygen atoms in total. The first kappa shape index (κ1) is 26.4. The summed E-state index contributed by atoms with van der Waals surface area (Å²) in [6.45, 7) is 9.89. The van der Waals surface area contributed by atoms with Crippen LogP contribution >= 0.6 is 11.3 Å². The fourth-order valence-corrected chi connectivity index (χ4v) is 3.97. The molecule has 0 saturated heterocycles. The molecule has 2 aromatic rings. The van der Waals surface area contributed by atoms with E-state index in [1.165, 1.54) is 10.8 Å². The summed E-state index contributed by atoms with van der Waals surface area (Å²) in [5.41, 5.74) is 6.17. The van der Waals surface area contributed by atoms with Gasteiger partial charge >= 0.3 is 0 Å². The molecule has 0 aliphatic carbocycles. The van der Waals surface area contributed by atoms with E-state index < -0.39 is 11.3 Å². The van der Waals surface area contributed by atoms with Gasteiger partial charge in [-0.05, 0) is 32.0 Å². The number of nitriles is 1. The number of hydrogen-bond donors (Lipinski definition) is 2. The molecule has 34 heavy (non-hydrogen) atoms. The summed E-state index contributed by atoms with van der Waals surface area (Å²) >= 11 is 1.09. The highest BCUT2D eigenvalue weighted by molar-refractivity contribution is 7.07. The molecule has 1 aromatic heterocycles. The Morgan fingerprint density at radius 1 is 1.26 bits per heavy atom. The summed E-state index contributed by atoms with van der Waals surface area (Å²) in [6, 6.07) is 9.17. The van der Waals surface area contributed by atoms with Crippen LogP contribution in [0.5, 0.6) is 0 Å². The van der Waals surface area contributed by atoms with Crippen molar-refractivity contribution in [2.75, 3.05) is 23.8 Å². The molecule has 0 aliphatic heterocycles. The van der Waals surface area contributed by atoms with E-state index in [9.17, 15) is 19.6 Å². The van der Waals surface area contributed by atoms with Crippen LogP contribution in [-0.2, 0) is 16.1 Å². The van der Waals surface area contributed by atoms with E-state index in [1.54, 1.807) is 25.8 Å². The largest absolute Gasteiger partial charge is 0.355 e. The molecular weight excluding hydrogens is 450 g/mol. The molecule has 0 unspecified atom stereocenters. The molecule has 2 N–H and O–H groups in total. The topological polar surface area (TPSA) is 107 Å². The lowest BCUT2D eigenvalue weighted by Crippen LogP contribution is -2.36. The molecule has 0 saturated carbocycles. The lowest BCUT2D eigenvalue weighted by atomic mass is 9.94. The van der Waals surface area contributed by atoms with Crippen LogP contribution in [0.3, 0.4) is 0 Å². The predicted molar refractivity (Wildman–Crippen MR) is 136 cm³/mol. The van der Waals surface area contributed by atoms with Crippen molar-refractivity contribution in [2.45, 2.75) is 41.2 Å².